The second-order valence-corrected chi connectivity index (χ2v) is 6.56. The number of methoxy groups -OCH3 is 1. The van der Waals surface area contributed by atoms with E-state index < -0.39 is 6.04 Å². The summed E-state index contributed by atoms with van der Waals surface area (Å²) >= 11 is 0. The number of H-pyrrole nitrogens is 1. The number of nitrogens with zero attached hydrogens (tertiary/aromatic N) is 2. The summed E-state index contributed by atoms with van der Waals surface area (Å²) in [5.41, 5.74) is 2.70. The van der Waals surface area contributed by atoms with E-state index >= 15 is 0 Å². The highest BCUT2D eigenvalue weighted by Crippen LogP contribution is 2.14. The Kier molecular flexibility index (Phi) is 6.56. The van der Waals surface area contributed by atoms with Crippen LogP contribution in [-0.2, 0) is 34.0 Å². The van der Waals surface area contributed by atoms with Gasteiger partial charge in [-0.3, -0.25) is 19.6 Å². The number of nitrogens with one attached hydrogen (secondary N) is 3. The number of ether oxygens (including phenoxy) is 1. The summed E-state index contributed by atoms with van der Waals surface area (Å²) in [7, 11) is 1.60. The van der Waals surface area contributed by atoms with Gasteiger partial charge in [0, 0.05) is 26.7 Å². The third-order valence-corrected chi connectivity index (χ3v) is 4.50. The van der Waals surface area contributed by atoms with Gasteiger partial charge in [0.15, 0.2) is 0 Å². The summed E-state index contributed by atoms with van der Waals surface area (Å²) in [5.74, 6) is -0.269. The van der Waals surface area contributed by atoms with E-state index in [-0.39, 0.29) is 18.2 Å². The van der Waals surface area contributed by atoms with Crippen molar-refractivity contribution in [2.24, 2.45) is 0 Å². The van der Waals surface area contributed by atoms with Crippen molar-refractivity contribution in [3.63, 3.8) is 0 Å². The van der Waals surface area contributed by atoms with Crippen molar-refractivity contribution < 1.29 is 14.3 Å². The lowest BCUT2D eigenvalue weighted by atomic mass is 10.1. The van der Waals surface area contributed by atoms with Crippen LogP contribution in [0.5, 0.6) is 0 Å². The Morgan fingerprint density at radius 3 is 2.96 bits per heavy atom. The van der Waals surface area contributed by atoms with Crippen molar-refractivity contribution in [2.75, 3.05) is 20.2 Å². The van der Waals surface area contributed by atoms with Gasteiger partial charge in [0.05, 0.1) is 37.0 Å². The Labute approximate surface area is 158 Å². The fraction of sp³-hybridized carbons (Fsp3) is 0.421. The van der Waals surface area contributed by atoms with Gasteiger partial charge in [-0.1, -0.05) is 30.3 Å². The topological polar surface area (TPSA) is 99.3 Å². The van der Waals surface area contributed by atoms with Crippen LogP contribution in [0, 0.1) is 0 Å². The molecule has 27 heavy (non-hydrogen) atoms. The number of rotatable bonds is 8. The molecular weight excluding hydrogens is 346 g/mol. The van der Waals surface area contributed by atoms with Crippen molar-refractivity contribution in [1.82, 2.24) is 25.7 Å². The molecule has 3 N–H and O–H groups in total. The molecule has 144 valence electrons. The highest BCUT2D eigenvalue weighted by molar-refractivity contribution is 5.88. The number of carbonyl (C=O) groups is 2. The normalized spacial score (nSPS) is 17.5. The van der Waals surface area contributed by atoms with Gasteiger partial charge in [-0.15, -0.1) is 0 Å². The zero-order chi connectivity index (χ0) is 19.1. The Balaban J connectivity index is 1.55. The van der Waals surface area contributed by atoms with E-state index in [1.165, 1.54) is 0 Å². The maximum Gasteiger partial charge on any atom is 0.237 e. The third kappa shape index (κ3) is 5.38. The molecule has 3 rings (SSSR count). The number of hydrogen-bond acceptors (Lipinski definition) is 5. The predicted molar refractivity (Wildman–Crippen MR) is 99.4 cm³/mol. The van der Waals surface area contributed by atoms with Crippen molar-refractivity contribution in [3.8, 4) is 0 Å². The number of piperazine rings is 1. The van der Waals surface area contributed by atoms with Crippen LogP contribution in [-0.4, -0.2) is 53.2 Å². The first kappa shape index (κ1) is 19.1. The molecule has 1 fully saturated rings. The molecule has 2 amide bonds. The van der Waals surface area contributed by atoms with Crippen molar-refractivity contribution in [2.45, 2.75) is 32.2 Å². The number of aromatic nitrogens is 2. The second-order valence-electron chi connectivity index (χ2n) is 6.56. The SMILES string of the molecule is COCc1cc(CNC(=O)C[C@H]2C(=O)NCCN2Cc2ccccc2)[nH]n1. The summed E-state index contributed by atoms with van der Waals surface area (Å²) in [6.07, 6.45) is 0.123. The molecule has 1 aromatic heterocycles. The van der Waals surface area contributed by atoms with E-state index in [1.54, 1.807) is 7.11 Å². The number of aromatic amines is 1. The van der Waals surface area contributed by atoms with E-state index in [1.807, 2.05) is 36.4 Å². The molecule has 1 saturated heterocycles. The lowest BCUT2D eigenvalue weighted by Crippen LogP contribution is -2.56. The molecule has 1 atom stereocenters. The van der Waals surface area contributed by atoms with E-state index in [4.69, 9.17) is 4.74 Å². The number of carbonyl (C=O) groups excluding carboxylic acids is 2. The fourth-order valence-corrected chi connectivity index (χ4v) is 3.15. The maximum atomic E-state index is 12.4. The first-order chi connectivity index (χ1) is 13.2. The molecular formula is C19H25N5O3. The largest absolute Gasteiger partial charge is 0.378 e. The molecule has 1 aliphatic rings. The molecule has 8 nitrogen and oxygen atoms in total. The molecule has 8 heteroatoms. The monoisotopic (exact) mass is 371 g/mol. The van der Waals surface area contributed by atoms with Crippen LogP contribution < -0.4 is 10.6 Å². The van der Waals surface area contributed by atoms with Crippen LogP contribution in [0.2, 0.25) is 0 Å². The summed E-state index contributed by atoms with van der Waals surface area (Å²) in [5, 5.41) is 12.7. The van der Waals surface area contributed by atoms with Gasteiger partial charge >= 0.3 is 0 Å². The van der Waals surface area contributed by atoms with Crippen molar-refractivity contribution in [3.05, 3.63) is 53.3 Å². The zero-order valence-electron chi connectivity index (χ0n) is 15.4. The van der Waals surface area contributed by atoms with Crippen LogP contribution in [0.4, 0.5) is 0 Å². The van der Waals surface area contributed by atoms with Crippen LogP contribution in [0.25, 0.3) is 0 Å². The lowest BCUT2D eigenvalue weighted by molar-refractivity contribution is -0.134. The highest BCUT2D eigenvalue weighted by Gasteiger charge is 2.31. The Hall–Kier alpha value is -2.71. The van der Waals surface area contributed by atoms with Crippen LogP contribution in [0.3, 0.4) is 0 Å². The first-order valence-electron chi connectivity index (χ1n) is 9.00. The Bertz CT molecular complexity index is 762. The van der Waals surface area contributed by atoms with E-state index in [9.17, 15) is 9.59 Å². The van der Waals surface area contributed by atoms with E-state index in [0.29, 0.717) is 26.2 Å². The standard InChI is InChI=1S/C19H25N5O3/c1-27-13-16-9-15(22-23-16)11-21-18(25)10-17-19(26)20-7-8-24(17)12-14-5-3-2-4-6-14/h2-6,9,17H,7-8,10-13H2,1H3,(H,20,26)(H,21,25)(H,22,23)/t17-/m0/s1. The van der Waals surface area contributed by atoms with E-state index in [0.717, 1.165) is 23.5 Å². The van der Waals surface area contributed by atoms with Gasteiger partial charge in [-0.2, -0.15) is 5.10 Å². The Morgan fingerprint density at radius 1 is 1.37 bits per heavy atom. The quantitative estimate of drug-likeness (QED) is 0.630. The molecule has 0 radical (unpaired) electrons. The van der Waals surface area contributed by atoms with Gasteiger partial charge in [0.25, 0.3) is 0 Å². The van der Waals surface area contributed by atoms with E-state index in [2.05, 4.69) is 25.7 Å². The number of amides is 2. The molecule has 1 aromatic carbocycles. The minimum atomic E-state index is -0.468. The molecule has 0 aliphatic carbocycles. The predicted octanol–water partition coefficient (Wildman–Crippen LogP) is 0.563. The van der Waals surface area contributed by atoms with Gasteiger partial charge in [0.2, 0.25) is 11.8 Å². The summed E-state index contributed by atoms with van der Waals surface area (Å²) in [6, 6.07) is 11.3. The van der Waals surface area contributed by atoms with Crippen molar-refractivity contribution >= 4 is 11.8 Å². The first-order valence-corrected chi connectivity index (χ1v) is 9.00. The Morgan fingerprint density at radius 2 is 2.19 bits per heavy atom. The average molecular weight is 371 g/mol. The number of benzene rings is 1. The summed E-state index contributed by atoms with van der Waals surface area (Å²) in [4.78, 5) is 26.8. The van der Waals surface area contributed by atoms with Gasteiger partial charge in [0.1, 0.15) is 0 Å². The summed E-state index contributed by atoms with van der Waals surface area (Å²) < 4.78 is 5.02. The smallest absolute Gasteiger partial charge is 0.237 e. The molecule has 2 heterocycles. The van der Waals surface area contributed by atoms with Gasteiger partial charge in [-0.05, 0) is 11.6 Å². The van der Waals surface area contributed by atoms with Gasteiger partial charge < -0.3 is 15.4 Å². The average Bonchev–Trinajstić information content (AvgIpc) is 3.12. The molecule has 0 spiro atoms. The minimum Gasteiger partial charge on any atom is -0.378 e. The molecule has 0 saturated carbocycles. The molecule has 2 aromatic rings. The van der Waals surface area contributed by atoms with Crippen molar-refractivity contribution in [1.29, 1.82) is 0 Å². The molecule has 0 unspecified atom stereocenters. The third-order valence-electron chi connectivity index (χ3n) is 4.50. The maximum absolute atomic E-state index is 12.4. The highest BCUT2D eigenvalue weighted by atomic mass is 16.5. The number of hydrogen-bond donors (Lipinski definition) is 3. The second kappa shape index (κ2) is 9.29. The molecule has 1 aliphatic heterocycles. The van der Waals surface area contributed by atoms with Crippen LogP contribution in [0.15, 0.2) is 36.4 Å². The van der Waals surface area contributed by atoms with Crippen LogP contribution >= 0.6 is 0 Å². The minimum absolute atomic E-state index is 0.101. The van der Waals surface area contributed by atoms with Gasteiger partial charge in [-0.25, -0.2) is 0 Å². The summed E-state index contributed by atoms with van der Waals surface area (Å²) in [6.45, 7) is 2.72. The molecule has 0 bridgehead atoms. The fourth-order valence-electron chi connectivity index (χ4n) is 3.15. The lowest BCUT2D eigenvalue weighted by Gasteiger charge is -2.34. The zero-order valence-corrected chi connectivity index (χ0v) is 15.4. The van der Waals surface area contributed by atoms with Crippen LogP contribution in [0.1, 0.15) is 23.4 Å².